The maximum atomic E-state index is 10.5. The van der Waals surface area contributed by atoms with E-state index in [0.717, 1.165) is 11.3 Å². The largest absolute Gasteiger partial charge is 0.494 e. The number of aromatic hydroxyl groups is 1. The van der Waals surface area contributed by atoms with Gasteiger partial charge in [-0.15, -0.1) is 0 Å². The molecule has 0 fully saturated rings. The van der Waals surface area contributed by atoms with Crippen molar-refractivity contribution in [2.45, 2.75) is 0 Å². The van der Waals surface area contributed by atoms with E-state index in [9.17, 15) is 5.11 Å². The van der Waals surface area contributed by atoms with Crippen molar-refractivity contribution < 1.29 is 14.6 Å². The van der Waals surface area contributed by atoms with Crippen LogP contribution in [0, 0.1) is 0 Å². The third kappa shape index (κ3) is 2.52. The molecule has 4 aromatic rings. The van der Waals surface area contributed by atoms with Crippen molar-refractivity contribution in [1.29, 1.82) is 0 Å². The van der Waals surface area contributed by atoms with Crippen molar-refractivity contribution in [2.75, 3.05) is 14.2 Å². The van der Waals surface area contributed by atoms with Crippen molar-refractivity contribution in [3.63, 3.8) is 0 Å². The van der Waals surface area contributed by atoms with Crippen LogP contribution in [-0.2, 0) is 7.05 Å². The van der Waals surface area contributed by atoms with Crippen LogP contribution in [0.5, 0.6) is 17.5 Å². The second-order valence-corrected chi connectivity index (χ2v) is 5.76. The van der Waals surface area contributed by atoms with Crippen molar-refractivity contribution in [3.8, 4) is 34.5 Å². The molecule has 0 atom stereocenters. The first-order valence-electron chi connectivity index (χ1n) is 7.89. The number of hydrogen-bond donors (Lipinski definition) is 1. The number of rotatable bonds is 4. The Kier molecular flexibility index (Phi) is 3.72. The second-order valence-electron chi connectivity index (χ2n) is 5.76. The monoisotopic (exact) mass is 351 g/mol. The molecule has 132 valence electrons. The molecular formula is C18H17N5O3. The lowest BCUT2D eigenvalue weighted by Crippen LogP contribution is -1.94. The molecule has 0 aliphatic rings. The van der Waals surface area contributed by atoms with Gasteiger partial charge in [-0.2, -0.15) is 5.10 Å². The minimum Gasteiger partial charge on any atom is -0.494 e. The van der Waals surface area contributed by atoms with Gasteiger partial charge in [-0.05, 0) is 18.2 Å². The molecule has 0 saturated heterocycles. The number of pyridine rings is 2. The Morgan fingerprint density at radius 2 is 1.92 bits per heavy atom. The molecule has 4 aromatic heterocycles. The standard InChI is InChI=1S/C18H17N5O3/c1-22-9-12(8-20-22)23-10-15-13(18(23)24)4-5-14(21-15)11-6-16(25-2)17(26-3)19-7-11/h4-10,24H,1-3H3. The van der Waals surface area contributed by atoms with Crippen LogP contribution in [0.15, 0.2) is 43.0 Å². The fourth-order valence-corrected chi connectivity index (χ4v) is 2.84. The smallest absolute Gasteiger partial charge is 0.256 e. The van der Waals surface area contributed by atoms with Gasteiger partial charge < -0.3 is 14.6 Å². The molecule has 0 aliphatic carbocycles. The summed E-state index contributed by atoms with van der Waals surface area (Å²) in [6.07, 6.45) is 6.95. The Morgan fingerprint density at radius 3 is 2.62 bits per heavy atom. The van der Waals surface area contributed by atoms with Crippen molar-refractivity contribution in [3.05, 3.63) is 43.0 Å². The van der Waals surface area contributed by atoms with E-state index in [1.54, 1.807) is 42.1 Å². The van der Waals surface area contributed by atoms with E-state index in [1.807, 2.05) is 31.4 Å². The van der Waals surface area contributed by atoms with Crippen LogP contribution < -0.4 is 9.47 Å². The van der Waals surface area contributed by atoms with Gasteiger partial charge in [-0.3, -0.25) is 9.25 Å². The summed E-state index contributed by atoms with van der Waals surface area (Å²) in [5.74, 6) is 1.07. The summed E-state index contributed by atoms with van der Waals surface area (Å²) in [5.41, 5.74) is 2.93. The summed E-state index contributed by atoms with van der Waals surface area (Å²) < 4.78 is 13.8. The highest BCUT2D eigenvalue weighted by Gasteiger charge is 2.14. The third-order valence-corrected chi connectivity index (χ3v) is 4.14. The summed E-state index contributed by atoms with van der Waals surface area (Å²) >= 11 is 0. The van der Waals surface area contributed by atoms with Gasteiger partial charge >= 0.3 is 0 Å². The molecule has 26 heavy (non-hydrogen) atoms. The third-order valence-electron chi connectivity index (χ3n) is 4.14. The highest BCUT2D eigenvalue weighted by atomic mass is 16.5. The molecule has 0 saturated carbocycles. The lowest BCUT2D eigenvalue weighted by Gasteiger charge is -2.08. The van der Waals surface area contributed by atoms with E-state index in [-0.39, 0.29) is 5.88 Å². The second kappa shape index (κ2) is 6.07. The average Bonchev–Trinajstić information content (AvgIpc) is 3.24. The lowest BCUT2D eigenvalue weighted by atomic mass is 10.1. The van der Waals surface area contributed by atoms with Gasteiger partial charge in [0.25, 0.3) is 5.88 Å². The van der Waals surface area contributed by atoms with Gasteiger partial charge in [0, 0.05) is 31.2 Å². The van der Waals surface area contributed by atoms with Crippen LogP contribution >= 0.6 is 0 Å². The minimum atomic E-state index is 0.123. The number of fused-ring (bicyclic) bond motifs is 1. The van der Waals surface area contributed by atoms with Gasteiger partial charge in [0.2, 0.25) is 5.88 Å². The minimum absolute atomic E-state index is 0.123. The quantitative estimate of drug-likeness (QED) is 0.608. The van der Waals surface area contributed by atoms with Crippen LogP contribution in [0.25, 0.3) is 27.8 Å². The zero-order valence-electron chi connectivity index (χ0n) is 14.5. The molecule has 0 amide bonds. The predicted octanol–water partition coefficient (Wildman–Crippen LogP) is 2.54. The summed E-state index contributed by atoms with van der Waals surface area (Å²) in [4.78, 5) is 8.89. The maximum Gasteiger partial charge on any atom is 0.256 e. The Balaban J connectivity index is 1.81. The molecule has 0 spiro atoms. The molecule has 0 aromatic carbocycles. The fraction of sp³-hybridized carbons (Fsp3) is 0.167. The number of methoxy groups -OCH3 is 2. The first-order valence-corrected chi connectivity index (χ1v) is 7.89. The Bertz CT molecular complexity index is 1100. The number of hydrogen-bond acceptors (Lipinski definition) is 6. The molecule has 8 heteroatoms. The molecule has 4 rings (SSSR count). The van der Waals surface area contributed by atoms with Crippen LogP contribution in [0.1, 0.15) is 0 Å². The van der Waals surface area contributed by atoms with E-state index < -0.39 is 0 Å². The first-order chi connectivity index (χ1) is 12.6. The van der Waals surface area contributed by atoms with E-state index in [0.29, 0.717) is 28.2 Å². The summed E-state index contributed by atoms with van der Waals surface area (Å²) in [5, 5.41) is 15.3. The summed E-state index contributed by atoms with van der Waals surface area (Å²) in [6, 6.07) is 5.48. The van der Waals surface area contributed by atoms with Gasteiger partial charge in [0.05, 0.1) is 42.7 Å². The van der Waals surface area contributed by atoms with Gasteiger partial charge in [0.15, 0.2) is 5.75 Å². The van der Waals surface area contributed by atoms with Crippen molar-refractivity contribution >= 4 is 10.9 Å². The molecule has 0 aliphatic heterocycles. The topological polar surface area (TPSA) is 87.2 Å². The number of nitrogens with zero attached hydrogens (tertiary/aromatic N) is 5. The maximum absolute atomic E-state index is 10.5. The van der Waals surface area contributed by atoms with Gasteiger partial charge in [-0.1, -0.05) is 0 Å². The zero-order valence-corrected chi connectivity index (χ0v) is 14.5. The molecule has 0 bridgehead atoms. The summed E-state index contributed by atoms with van der Waals surface area (Å²) in [6.45, 7) is 0. The molecule has 1 N–H and O–H groups in total. The first kappa shape index (κ1) is 15.9. The van der Waals surface area contributed by atoms with Crippen LogP contribution in [0.2, 0.25) is 0 Å². The number of aromatic nitrogens is 5. The van der Waals surface area contributed by atoms with E-state index >= 15 is 0 Å². The molecule has 8 nitrogen and oxygen atoms in total. The van der Waals surface area contributed by atoms with E-state index in [4.69, 9.17) is 9.47 Å². The van der Waals surface area contributed by atoms with Crippen LogP contribution in [0.4, 0.5) is 0 Å². The highest BCUT2D eigenvalue weighted by Crippen LogP contribution is 2.33. The highest BCUT2D eigenvalue weighted by molar-refractivity contribution is 5.87. The average molecular weight is 351 g/mol. The molecule has 0 radical (unpaired) electrons. The van der Waals surface area contributed by atoms with Gasteiger partial charge in [-0.25, -0.2) is 9.97 Å². The molecular weight excluding hydrogens is 334 g/mol. The van der Waals surface area contributed by atoms with Gasteiger partial charge in [0.1, 0.15) is 0 Å². The van der Waals surface area contributed by atoms with Crippen LogP contribution in [-0.4, -0.2) is 43.6 Å². The van der Waals surface area contributed by atoms with Crippen molar-refractivity contribution in [1.82, 2.24) is 24.3 Å². The Labute approximate surface area is 149 Å². The van der Waals surface area contributed by atoms with Crippen LogP contribution in [0.3, 0.4) is 0 Å². The Hall–Kier alpha value is -3.55. The predicted molar refractivity (Wildman–Crippen MR) is 95.8 cm³/mol. The molecule has 4 heterocycles. The van der Waals surface area contributed by atoms with Crippen molar-refractivity contribution in [2.24, 2.45) is 7.05 Å². The van der Waals surface area contributed by atoms with E-state index in [2.05, 4.69) is 15.1 Å². The molecule has 0 unspecified atom stereocenters. The number of ether oxygens (including phenoxy) is 2. The lowest BCUT2D eigenvalue weighted by molar-refractivity contribution is 0.343. The van der Waals surface area contributed by atoms with E-state index in [1.165, 1.54) is 0 Å². The SMILES string of the molecule is COc1cc(-c2ccc3c(O)n(-c4cnn(C)c4)cc3n2)cnc1OC. The Morgan fingerprint density at radius 1 is 1.08 bits per heavy atom. The zero-order chi connectivity index (χ0) is 18.3. The fourth-order valence-electron chi connectivity index (χ4n) is 2.84. The summed E-state index contributed by atoms with van der Waals surface area (Å²) in [7, 11) is 4.93. The normalized spacial score (nSPS) is 11.0. The number of aryl methyl sites for hydroxylation is 1.